The van der Waals surface area contributed by atoms with E-state index in [1.165, 1.54) is 30.3 Å². The molecule has 2 rings (SSSR count). The number of carbonyl (C=O) groups is 2. The Morgan fingerprint density at radius 2 is 1.64 bits per heavy atom. The fraction of sp³-hybridized carbons (Fsp3) is 0.150. The first-order chi connectivity index (χ1) is 11.8. The number of nitrogens with one attached hydrogen (secondary N) is 1. The normalized spacial score (nSPS) is 10.9. The third kappa shape index (κ3) is 4.33. The van der Waals surface area contributed by atoms with Crippen molar-refractivity contribution in [3.63, 3.8) is 0 Å². The Kier molecular flexibility index (Phi) is 5.35. The van der Waals surface area contributed by atoms with Gasteiger partial charge in [0.15, 0.2) is 0 Å². The SMILES string of the molecule is Cc1cc(C)c(NC(=O)/C(C#N)=C/c2ccc(C(=O)[O-])cc2)c(C)c1. The van der Waals surface area contributed by atoms with Crippen LogP contribution in [0.5, 0.6) is 0 Å². The lowest BCUT2D eigenvalue weighted by Crippen LogP contribution is -2.21. The first-order valence-corrected chi connectivity index (χ1v) is 7.64. The maximum atomic E-state index is 12.4. The summed E-state index contributed by atoms with van der Waals surface area (Å²) in [4.78, 5) is 23.2. The minimum absolute atomic E-state index is 0.0333. The second-order valence-corrected chi connectivity index (χ2v) is 5.81. The Balaban J connectivity index is 2.27. The van der Waals surface area contributed by atoms with Crippen molar-refractivity contribution in [3.05, 3.63) is 69.8 Å². The van der Waals surface area contributed by atoms with E-state index >= 15 is 0 Å². The number of aromatic carboxylic acids is 1. The standard InChI is InChI=1S/C20H18N2O3/c1-12-8-13(2)18(14(3)9-12)22-19(23)17(11-21)10-15-4-6-16(7-5-15)20(24)25/h4-10H,1-3H3,(H,22,23)(H,24,25)/p-1/b17-10+. The van der Waals surface area contributed by atoms with E-state index in [9.17, 15) is 20.0 Å². The molecule has 0 radical (unpaired) electrons. The van der Waals surface area contributed by atoms with Crippen LogP contribution in [0.4, 0.5) is 5.69 Å². The summed E-state index contributed by atoms with van der Waals surface area (Å²) in [5.41, 5.74) is 4.13. The molecule has 1 amide bonds. The fourth-order valence-electron chi connectivity index (χ4n) is 2.59. The summed E-state index contributed by atoms with van der Waals surface area (Å²) < 4.78 is 0. The highest BCUT2D eigenvalue weighted by molar-refractivity contribution is 6.10. The van der Waals surface area contributed by atoms with Crippen molar-refractivity contribution < 1.29 is 14.7 Å². The van der Waals surface area contributed by atoms with E-state index in [1.54, 1.807) is 0 Å². The second-order valence-electron chi connectivity index (χ2n) is 5.81. The highest BCUT2D eigenvalue weighted by Gasteiger charge is 2.13. The highest BCUT2D eigenvalue weighted by atomic mass is 16.4. The topological polar surface area (TPSA) is 93.0 Å². The molecule has 0 saturated carbocycles. The van der Waals surface area contributed by atoms with Crippen LogP contribution in [-0.4, -0.2) is 11.9 Å². The molecule has 0 atom stereocenters. The number of anilines is 1. The monoisotopic (exact) mass is 333 g/mol. The highest BCUT2D eigenvalue weighted by Crippen LogP contribution is 2.22. The van der Waals surface area contributed by atoms with Gasteiger partial charge in [-0.2, -0.15) is 5.26 Å². The lowest BCUT2D eigenvalue weighted by atomic mass is 10.0. The summed E-state index contributed by atoms with van der Waals surface area (Å²) in [6.45, 7) is 5.76. The first-order valence-electron chi connectivity index (χ1n) is 7.64. The zero-order chi connectivity index (χ0) is 18.6. The predicted molar refractivity (Wildman–Crippen MR) is 93.6 cm³/mol. The number of carbonyl (C=O) groups excluding carboxylic acids is 2. The molecule has 0 spiro atoms. The minimum Gasteiger partial charge on any atom is -0.545 e. The van der Waals surface area contributed by atoms with Crippen LogP contribution in [0.1, 0.15) is 32.6 Å². The van der Waals surface area contributed by atoms with E-state index in [0.29, 0.717) is 11.3 Å². The lowest BCUT2D eigenvalue weighted by Gasteiger charge is -2.12. The van der Waals surface area contributed by atoms with Crippen molar-refractivity contribution in [2.45, 2.75) is 20.8 Å². The van der Waals surface area contributed by atoms with Crippen LogP contribution in [-0.2, 0) is 4.79 Å². The van der Waals surface area contributed by atoms with Gasteiger partial charge in [-0.1, -0.05) is 42.0 Å². The lowest BCUT2D eigenvalue weighted by molar-refractivity contribution is -0.255. The van der Waals surface area contributed by atoms with Gasteiger partial charge < -0.3 is 15.2 Å². The Bertz CT molecular complexity index is 881. The number of amides is 1. The average molecular weight is 333 g/mol. The molecule has 0 aromatic heterocycles. The molecule has 0 aliphatic rings. The number of rotatable bonds is 4. The van der Waals surface area contributed by atoms with E-state index in [4.69, 9.17) is 0 Å². The molecule has 0 heterocycles. The van der Waals surface area contributed by atoms with Gasteiger partial charge in [-0.15, -0.1) is 0 Å². The van der Waals surface area contributed by atoms with Gasteiger partial charge in [0.2, 0.25) is 0 Å². The molecule has 1 N–H and O–H groups in total. The summed E-state index contributed by atoms with van der Waals surface area (Å²) in [6.07, 6.45) is 1.41. The fourth-order valence-corrected chi connectivity index (χ4v) is 2.59. The predicted octanol–water partition coefficient (Wildman–Crippen LogP) is 2.52. The molecule has 0 aliphatic heterocycles. The Morgan fingerprint density at radius 1 is 1.08 bits per heavy atom. The summed E-state index contributed by atoms with van der Waals surface area (Å²) in [7, 11) is 0. The zero-order valence-corrected chi connectivity index (χ0v) is 14.2. The van der Waals surface area contributed by atoms with Gasteiger partial charge in [0, 0.05) is 5.69 Å². The van der Waals surface area contributed by atoms with E-state index in [1.807, 2.05) is 39.0 Å². The van der Waals surface area contributed by atoms with Crippen LogP contribution in [0.15, 0.2) is 42.0 Å². The number of hydrogen-bond donors (Lipinski definition) is 1. The maximum absolute atomic E-state index is 12.4. The van der Waals surface area contributed by atoms with Gasteiger partial charge in [-0.3, -0.25) is 4.79 Å². The number of nitriles is 1. The van der Waals surface area contributed by atoms with Crippen molar-refractivity contribution in [1.29, 1.82) is 5.26 Å². The van der Waals surface area contributed by atoms with Crippen molar-refractivity contribution in [1.82, 2.24) is 0 Å². The van der Waals surface area contributed by atoms with Gasteiger partial charge in [-0.25, -0.2) is 0 Å². The zero-order valence-electron chi connectivity index (χ0n) is 14.2. The molecular formula is C20H17N2O3-. The second kappa shape index (κ2) is 7.45. The quantitative estimate of drug-likeness (QED) is 0.687. The third-order valence-electron chi connectivity index (χ3n) is 3.74. The first kappa shape index (κ1) is 18.0. The van der Waals surface area contributed by atoms with Crippen LogP contribution in [0.3, 0.4) is 0 Å². The molecule has 2 aromatic carbocycles. The van der Waals surface area contributed by atoms with Crippen LogP contribution in [0, 0.1) is 32.1 Å². The molecule has 0 bridgehead atoms. The largest absolute Gasteiger partial charge is 0.545 e. The number of hydrogen-bond acceptors (Lipinski definition) is 4. The average Bonchev–Trinajstić information content (AvgIpc) is 2.56. The number of carboxylic acids is 1. The Hall–Kier alpha value is -3.39. The van der Waals surface area contributed by atoms with Crippen LogP contribution < -0.4 is 10.4 Å². The van der Waals surface area contributed by atoms with Crippen molar-refractivity contribution in [2.75, 3.05) is 5.32 Å². The number of carboxylic acid groups (broad SMARTS) is 1. The van der Waals surface area contributed by atoms with Gasteiger partial charge in [0.25, 0.3) is 5.91 Å². The van der Waals surface area contributed by atoms with Gasteiger partial charge in [-0.05, 0) is 49.1 Å². The molecule has 25 heavy (non-hydrogen) atoms. The van der Waals surface area contributed by atoms with Crippen LogP contribution >= 0.6 is 0 Å². The van der Waals surface area contributed by atoms with E-state index in [2.05, 4.69) is 5.32 Å². The number of aryl methyl sites for hydroxylation is 3. The van der Waals surface area contributed by atoms with E-state index in [0.717, 1.165) is 16.7 Å². The van der Waals surface area contributed by atoms with Gasteiger partial charge in [0.1, 0.15) is 11.6 Å². The third-order valence-corrected chi connectivity index (χ3v) is 3.74. The molecule has 5 nitrogen and oxygen atoms in total. The molecule has 0 aliphatic carbocycles. The van der Waals surface area contributed by atoms with Crippen molar-refractivity contribution >= 4 is 23.6 Å². The molecule has 0 fully saturated rings. The molecule has 2 aromatic rings. The molecule has 126 valence electrons. The summed E-state index contributed by atoms with van der Waals surface area (Å²) in [5.74, 6) is -1.79. The molecule has 0 saturated heterocycles. The minimum atomic E-state index is -1.28. The molecular weight excluding hydrogens is 316 g/mol. The van der Waals surface area contributed by atoms with Gasteiger partial charge >= 0.3 is 0 Å². The summed E-state index contributed by atoms with van der Waals surface area (Å²) >= 11 is 0. The Morgan fingerprint density at radius 3 is 2.12 bits per heavy atom. The van der Waals surface area contributed by atoms with E-state index in [-0.39, 0.29) is 11.1 Å². The summed E-state index contributed by atoms with van der Waals surface area (Å²) in [5, 5.41) is 22.8. The Labute approximate surface area is 146 Å². The van der Waals surface area contributed by atoms with Crippen LogP contribution in [0.2, 0.25) is 0 Å². The van der Waals surface area contributed by atoms with E-state index < -0.39 is 11.9 Å². The maximum Gasteiger partial charge on any atom is 0.266 e. The van der Waals surface area contributed by atoms with Crippen molar-refractivity contribution in [2.24, 2.45) is 0 Å². The smallest absolute Gasteiger partial charge is 0.266 e. The van der Waals surface area contributed by atoms with Crippen LogP contribution in [0.25, 0.3) is 6.08 Å². The number of nitrogens with zero attached hydrogens (tertiary/aromatic N) is 1. The van der Waals surface area contributed by atoms with Gasteiger partial charge in [0.05, 0.1) is 5.97 Å². The molecule has 5 heteroatoms. The summed E-state index contributed by atoms with van der Waals surface area (Å²) in [6, 6.07) is 11.5. The number of benzene rings is 2. The molecule has 0 unspecified atom stereocenters. The van der Waals surface area contributed by atoms with Crippen molar-refractivity contribution in [3.8, 4) is 6.07 Å².